The Morgan fingerprint density at radius 2 is 1.21 bits per heavy atom. The number of benzene rings is 3. The van der Waals surface area contributed by atoms with Gasteiger partial charge < -0.3 is 9.67 Å². The molecule has 0 saturated heterocycles. The van der Waals surface area contributed by atoms with E-state index in [1.165, 1.54) is 0 Å². The molecule has 0 amide bonds. The zero-order valence-corrected chi connectivity index (χ0v) is 18.5. The fourth-order valence-corrected chi connectivity index (χ4v) is 3.83. The summed E-state index contributed by atoms with van der Waals surface area (Å²) in [5, 5.41) is 11.5. The van der Waals surface area contributed by atoms with E-state index >= 15 is 0 Å². The average Bonchev–Trinajstić information content (AvgIpc) is 3.19. The van der Waals surface area contributed by atoms with Crippen molar-refractivity contribution < 1.29 is 34.7 Å². The summed E-state index contributed by atoms with van der Waals surface area (Å²) in [6.45, 7) is 3.49. The molecule has 0 aliphatic heterocycles. The van der Waals surface area contributed by atoms with E-state index in [2.05, 4.69) is 52.5 Å². The second-order valence-electron chi connectivity index (χ2n) is 6.80. The number of allylic oxidation sites excluding steroid dienone is 1. The smallest absolute Gasteiger partial charge is 0.876 e. The molecule has 4 aromatic rings. The van der Waals surface area contributed by atoms with Crippen molar-refractivity contribution in [3.8, 4) is 0 Å². The third-order valence-electron chi connectivity index (χ3n) is 4.98. The first-order valence-electron chi connectivity index (χ1n) is 9.26. The molecule has 138 valence electrons. The van der Waals surface area contributed by atoms with Gasteiger partial charge in [0, 0.05) is 12.6 Å². The van der Waals surface area contributed by atoms with Crippen LogP contribution in [-0.2, 0) is 12.0 Å². The van der Waals surface area contributed by atoms with E-state index in [0.29, 0.717) is 5.69 Å². The molecule has 0 atom stereocenters. The van der Waals surface area contributed by atoms with Gasteiger partial charge in [0.15, 0.2) is 0 Å². The van der Waals surface area contributed by atoms with Gasteiger partial charge in [0.1, 0.15) is 5.54 Å². The first-order valence-corrected chi connectivity index (χ1v) is 9.26. The van der Waals surface area contributed by atoms with Crippen LogP contribution in [0.2, 0.25) is 0 Å². The normalized spacial score (nSPS) is 10.9. The van der Waals surface area contributed by atoms with E-state index in [1.807, 2.05) is 67.1 Å². The van der Waals surface area contributed by atoms with Crippen LogP contribution in [0.15, 0.2) is 116 Å². The average molecular weight is 388 g/mol. The standard InChI is InChI=1S/C25H22N2O.Na/c1-20(28)17-24-18-27(19-26-24)25(21-11-5-2-6-12-21,22-13-7-3-8-14-22)23-15-9-4-10-16-23;/h2-16,18-19,28H,1,17H2;/q;+1/p-1. The molecular formula is C25H21N2NaO. The Labute approximate surface area is 193 Å². The van der Waals surface area contributed by atoms with Gasteiger partial charge in [-0.2, -0.15) is 0 Å². The van der Waals surface area contributed by atoms with Crippen molar-refractivity contribution in [3.63, 3.8) is 0 Å². The molecule has 29 heavy (non-hydrogen) atoms. The molecule has 1 aromatic heterocycles. The van der Waals surface area contributed by atoms with E-state index in [1.54, 1.807) is 0 Å². The SMILES string of the molecule is C=C([O-])Cc1cn(C(c2ccccc2)(c2ccccc2)c2ccccc2)cn1.[Na+]. The van der Waals surface area contributed by atoms with Gasteiger partial charge >= 0.3 is 29.6 Å². The van der Waals surface area contributed by atoms with Gasteiger partial charge in [-0.1, -0.05) is 91.0 Å². The maximum atomic E-state index is 11.5. The molecule has 4 rings (SSSR count). The molecule has 0 N–H and O–H groups in total. The molecular weight excluding hydrogens is 367 g/mol. The second kappa shape index (κ2) is 9.27. The Bertz CT molecular complexity index is 963. The third-order valence-corrected chi connectivity index (χ3v) is 4.98. The molecule has 3 nitrogen and oxygen atoms in total. The Balaban J connectivity index is 0.00000240. The zero-order chi connectivity index (χ0) is 19.4. The van der Waals surface area contributed by atoms with E-state index in [4.69, 9.17) is 0 Å². The molecule has 1 heterocycles. The van der Waals surface area contributed by atoms with Crippen LogP contribution in [0.3, 0.4) is 0 Å². The van der Waals surface area contributed by atoms with Crippen molar-refractivity contribution in [1.82, 2.24) is 9.55 Å². The summed E-state index contributed by atoms with van der Waals surface area (Å²) in [5.74, 6) is -0.144. The first kappa shape index (κ1) is 21.1. The molecule has 0 aliphatic carbocycles. The van der Waals surface area contributed by atoms with E-state index < -0.39 is 5.54 Å². The Kier molecular flexibility index (Phi) is 6.75. The second-order valence-corrected chi connectivity index (χ2v) is 6.80. The monoisotopic (exact) mass is 388 g/mol. The molecule has 0 unspecified atom stereocenters. The zero-order valence-electron chi connectivity index (χ0n) is 16.5. The third kappa shape index (κ3) is 4.08. The van der Waals surface area contributed by atoms with E-state index in [-0.39, 0.29) is 41.7 Å². The first-order chi connectivity index (χ1) is 13.7. The minimum absolute atomic E-state index is 0. The number of nitrogens with zero attached hydrogens (tertiary/aromatic N) is 2. The van der Waals surface area contributed by atoms with Crippen LogP contribution in [0.1, 0.15) is 22.4 Å². The number of imidazole rings is 1. The number of aromatic nitrogens is 2. The summed E-state index contributed by atoms with van der Waals surface area (Å²) in [4.78, 5) is 4.50. The number of rotatable bonds is 6. The van der Waals surface area contributed by atoms with Gasteiger partial charge in [-0.25, -0.2) is 4.98 Å². The van der Waals surface area contributed by atoms with Gasteiger partial charge in [0.05, 0.1) is 12.0 Å². The summed E-state index contributed by atoms with van der Waals surface area (Å²) in [5.41, 5.74) is 3.48. The van der Waals surface area contributed by atoms with Crippen LogP contribution in [0.4, 0.5) is 0 Å². The Hall–Kier alpha value is -2.59. The topological polar surface area (TPSA) is 40.9 Å². The van der Waals surface area contributed by atoms with Gasteiger partial charge in [-0.15, -0.1) is 12.3 Å². The summed E-state index contributed by atoms with van der Waals surface area (Å²) in [7, 11) is 0. The van der Waals surface area contributed by atoms with E-state index in [0.717, 1.165) is 16.7 Å². The summed E-state index contributed by atoms with van der Waals surface area (Å²) in [6.07, 6.45) is 3.99. The fourth-order valence-electron chi connectivity index (χ4n) is 3.83. The predicted octanol–water partition coefficient (Wildman–Crippen LogP) is 1.14. The molecule has 0 saturated carbocycles. The minimum Gasteiger partial charge on any atom is -0.876 e. The van der Waals surface area contributed by atoms with Crippen LogP contribution in [0, 0.1) is 0 Å². The van der Waals surface area contributed by atoms with Crippen LogP contribution >= 0.6 is 0 Å². The van der Waals surface area contributed by atoms with Crippen LogP contribution in [-0.4, -0.2) is 9.55 Å². The van der Waals surface area contributed by atoms with Crippen molar-refractivity contribution >= 4 is 0 Å². The number of hydrogen-bond donors (Lipinski definition) is 0. The molecule has 0 fully saturated rings. The maximum absolute atomic E-state index is 11.5. The summed E-state index contributed by atoms with van der Waals surface area (Å²) in [6, 6.07) is 31.1. The minimum atomic E-state index is -0.598. The Morgan fingerprint density at radius 3 is 1.59 bits per heavy atom. The molecule has 4 heteroatoms. The van der Waals surface area contributed by atoms with Crippen molar-refractivity contribution in [2.24, 2.45) is 0 Å². The van der Waals surface area contributed by atoms with Gasteiger partial charge in [-0.05, 0) is 16.7 Å². The molecule has 0 aliphatic rings. The predicted molar refractivity (Wildman–Crippen MR) is 110 cm³/mol. The van der Waals surface area contributed by atoms with Crippen LogP contribution in [0.25, 0.3) is 0 Å². The van der Waals surface area contributed by atoms with E-state index in [9.17, 15) is 5.11 Å². The van der Waals surface area contributed by atoms with Gasteiger partial charge in [0.25, 0.3) is 0 Å². The van der Waals surface area contributed by atoms with Crippen LogP contribution < -0.4 is 34.7 Å². The molecule has 0 bridgehead atoms. The van der Waals surface area contributed by atoms with Crippen molar-refractivity contribution in [1.29, 1.82) is 0 Å². The van der Waals surface area contributed by atoms with Gasteiger partial charge in [0.2, 0.25) is 0 Å². The molecule has 0 spiro atoms. The largest absolute Gasteiger partial charge is 1.00 e. The Morgan fingerprint density at radius 1 is 0.793 bits per heavy atom. The number of hydrogen-bond acceptors (Lipinski definition) is 2. The summed E-state index contributed by atoms with van der Waals surface area (Å²) >= 11 is 0. The molecule has 0 radical (unpaired) electrons. The van der Waals surface area contributed by atoms with Crippen molar-refractivity contribution in [2.75, 3.05) is 0 Å². The van der Waals surface area contributed by atoms with Gasteiger partial charge in [-0.3, -0.25) is 0 Å². The van der Waals surface area contributed by atoms with Crippen molar-refractivity contribution in [3.05, 3.63) is 138 Å². The molecule has 3 aromatic carbocycles. The fraction of sp³-hybridized carbons (Fsp3) is 0.0800. The van der Waals surface area contributed by atoms with Crippen LogP contribution in [0.5, 0.6) is 0 Å². The maximum Gasteiger partial charge on any atom is 1.00 e. The quantitative estimate of drug-likeness (QED) is 0.282. The van der Waals surface area contributed by atoms with Crippen molar-refractivity contribution in [2.45, 2.75) is 12.0 Å². The summed E-state index contributed by atoms with van der Waals surface area (Å²) < 4.78 is 2.10.